The first-order chi connectivity index (χ1) is 30.0. The fourth-order valence-corrected chi connectivity index (χ4v) is 6.36. The van der Waals surface area contributed by atoms with Gasteiger partial charge >= 0.3 is 35.8 Å². The molecule has 0 bridgehead atoms. The highest BCUT2D eigenvalue weighted by atomic mass is 16.7. The molecule has 2 N–H and O–H groups in total. The van der Waals surface area contributed by atoms with Crippen molar-refractivity contribution in [2.45, 2.75) is 83.7 Å². The number of carbonyl (C=O) groups excluding carboxylic acids is 8. The maximum absolute atomic E-state index is 13.7. The fourth-order valence-electron chi connectivity index (χ4n) is 6.36. The van der Waals surface area contributed by atoms with E-state index in [1.807, 2.05) is 30.3 Å². The number of rotatable bonds is 23. The van der Waals surface area contributed by atoms with Crippen LogP contribution in [-0.2, 0) is 87.4 Å². The largest absolute Gasteiger partial charge is 0.465 e. The summed E-state index contributed by atoms with van der Waals surface area (Å²) in [7, 11) is 1.02. The van der Waals surface area contributed by atoms with Gasteiger partial charge in [-0.2, -0.15) is 0 Å². The number of hydrogen-bond acceptors (Lipinski definition) is 18. The van der Waals surface area contributed by atoms with Gasteiger partial charge in [-0.1, -0.05) is 48.4 Å². The van der Waals surface area contributed by atoms with Gasteiger partial charge in [0.1, 0.15) is 24.6 Å². The Labute approximate surface area is 363 Å². The molecular formula is C43H52N2O18. The van der Waals surface area contributed by atoms with Gasteiger partial charge in [-0.05, 0) is 17.2 Å². The van der Waals surface area contributed by atoms with Crippen molar-refractivity contribution in [3.05, 3.63) is 54.1 Å². The maximum atomic E-state index is 13.7. The van der Waals surface area contributed by atoms with Crippen LogP contribution >= 0.6 is 0 Å². The molecule has 20 heteroatoms. The van der Waals surface area contributed by atoms with E-state index < -0.39 is 103 Å². The molecule has 0 radical (unpaired) electrons. The number of hydrogen-bond donors (Lipinski definition) is 2. The number of methoxy groups -OCH3 is 1. The van der Waals surface area contributed by atoms with Gasteiger partial charge in [0.15, 0.2) is 18.8 Å². The Balaban J connectivity index is 2.06. The molecule has 0 spiro atoms. The molecule has 0 unspecified atom stereocenters. The molecule has 342 valence electrons. The normalized spacial score (nSPS) is 18.8. The second-order valence-electron chi connectivity index (χ2n) is 13.8. The van der Waals surface area contributed by atoms with Crippen LogP contribution in [0.15, 0.2) is 48.5 Å². The van der Waals surface area contributed by atoms with Crippen molar-refractivity contribution >= 4 is 47.6 Å². The summed E-state index contributed by atoms with van der Waals surface area (Å²) in [5.74, 6) is -7.10. The zero-order chi connectivity index (χ0) is 46.5. The topological polar surface area (TPSA) is 253 Å². The van der Waals surface area contributed by atoms with Gasteiger partial charge in [-0.15, -0.1) is 6.42 Å². The first kappa shape index (κ1) is 51.0. The third kappa shape index (κ3) is 16.8. The zero-order valence-corrected chi connectivity index (χ0v) is 35.8. The van der Waals surface area contributed by atoms with Crippen molar-refractivity contribution in [2.75, 3.05) is 53.3 Å². The lowest BCUT2D eigenvalue weighted by atomic mass is 9.87. The summed E-state index contributed by atoms with van der Waals surface area (Å²) in [5.41, 5.74) is 1.83. The average molecular weight is 885 g/mol. The van der Waals surface area contributed by atoms with E-state index in [2.05, 4.69) is 16.6 Å². The Bertz CT molecular complexity index is 1970. The molecule has 6 atom stereocenters. The fraction of sp³-hybridized carbons (Fsp3) is 0.488. The molecule has 2 aromatic rings. The van der Waals surface area contributed by atoms with Crippen molar-refractivity contribution in [1.82, 2.24) is 10.6 Å². The molecule has 0 saturated carbocycles. The first-order valence-electron chi connectivity index (χ1n) is 19.6. The van der Waals surface area contributed by atoms with Gasteiger partial charge in [-0.25, -0.2) is 4.79 Å². The van der Waals surface area contributed by atoms with Crippen LogP contribution < -0.4 is 15.4 Å². The van der Waals surface area contributed by atoms with Gasteiger partial charge in [0.05, 0.1) is 59.0 Å². The summed E-state index contributed by atoms with van der Waals surface area (Å²) in [6.07, 6.45) is -2.66. The molecule has 1 saturated heterocycles. The molecular weight excluding hydrogens is 832 g/mol. The number of benzene rings is 2. The average Bonchev–Trinajstić information content (AvgIpc) is 3.22. The molecule has 20 nitrogen and oxygen atoms in total. The molecule has 1 fully saturated rings. The highest BCUT2D eigenvalue weighted by Crippen LogP contribution is 2.37. The third-order valence-electron chi connectivity index (χ3n) is 8.81. The van der Waals surface area contributed by atoms with E-state index in [0.29, 0.717) is 11.1 Å². The van der Waals surface area contributed by atoms with Crippen molar-refractivity contribution in [1.29, 1.82) is 0 Å². The molecule has 2 amide bonds. The molecule has 63 heavy (non-hydrogen) atoms. The predicted octanol–water partition coefficient (Wildman–Crippen LogP) is 1.12. The number of terminal acetylenes is 1. The van der Waals surface area contributed by atoms with E-state index in [-0.39, 0.29) is 45.2 Å². The van der Waals surface area contributed by atoms with Crippen LogP contribution in [0.3, 0.4) is 0 Å². The lowest BCUT2D eigenvalue weighted by Gasteiger charge is -2.48. The minimum absolute atomic E-state index is 0.0537. The minimum atomic E-state index is -2.47. The van der Waals surface area contributed by atoms with E-state index in [4.69, 9.17) is 53.8 Å². The molecule has 0 aliphatic carbocycles. The summed E-state index contributed by atoms with van der Waals surface area (Å²) in [5, 5.41) is 5.15. The molecule has 1 heterocycles. The number of carbonyl (C=O) groups is 8. The minimum Gasteiger partial charge on any atom is -0.465 e. The summed E-state index contributed by atoms with van der Waals surface area (Å²) in [4.78, 5) is 102. The highest BCUT2D eigenvalue weighted by Gasteiger charge is 2.59. The smallest absolute Gasteiger partial charge is 0.366 e. The first-order valence-corrected chi connectivity index (χ1v) is 19.6. The zero-order valence-electron chi connectivity index (χ0n) is 35.8. The Hall–Kier alpha value is -6.40. The molecule has 1 aliphatic heterocycles. The number of nitrogens with one attached hydrogen (secondary N) is 2. The van der Waals surface area contributed by atoms with Crippen LogP contribution in [0, 0.1) is 12.3 Å². The van der Waals surface area contributed by atoms with Gasteiger partial charge in [0.25, 0.3) is 11.7 Å². The number of ether oxygens (including phenoxy) is 10. The Morgan fingerprint density at radius 3 is 2.11 bits per heavy atom. The molecule has 1 aliphatic rings. The van der Waals surface area contributed by atoms with Crippen LogP contribution in [0.2, 0.25) is 0 Å². The van der Waals surface area contributed by atoms with E-state index >= 15 is 0 Å². The summed E-state index contributed by atoms with van der Waals surface area (Å²) in [6.45, 7) is 3.71. The second-order valence-corrected chi connectivity index (χ2v) is 13.8. The Morgan fingerprint density at radius 2 is 1.49 bits per heavy atom. The Kier molecular flexibility index (Phi) is 20.6. The number of esters is 6. The Morgan fingerprint density at radius 1 is 0.810 bits per heavy atom. The van der Waals surface area contributed by atoms with Gasteiger partial charge < -0.3 is 58.0 Å². The van der Waals surface area contributed by atoms with Crippen molar-refractivity contribution < 1.29 is 85.7 Å². The molecule has 2 aromatic carbocycles. The van der Waals surface area contributed by atoms with Gasteiger partial charge in [-0.3, -0.25) is 33.6 Å². The summed E-state index contributed by atoms with van der Waals surface area (Å²) >= 11 is 0. The summed E-state index contributed by atoms with van der Waals surface area (Å²) in [6, 6.07) is 12.6. The van der Waals surface area contributed by atoms with E-state index in [1.54, 1.807) is 18.2 Å². The van der Waals surface area contributed by atoms with Gasteiger partial charge in [0, 0.05) is 40.2 Å². The maximum Gasteiger partial charge on any atom is 0.366 e. The van der Waals surface area contributed by atoms with Crippen molar-refractivity contribution in [2.24, 2.45) is 0 Å². The predicted molar refractivity (Wildman–Crippen MR) is 216 cm³/mol. The quantitative estimate of drug-likeness (QED) is 0.0521. The van der Waals surface area contributed by atoms with E-state index in [9.17, 15) is 38.4 Å². The molecule has 3 rings (SSSR count). The SMILES string of the molecule is C#CCOCCOCCO[C@]1(C(=O)OC)C[C@H](OC(C)=O)[C@@H](NC(=O)COC(C)=O)[C@H]([C@H](OC(C)=O)[C@@H](CNC(=O)Cc2ccc(-c3ccccc3)cc2OC(C)=O)OC(C)=O)O1. The second kappa shape index (κ2) is 25.5. The van der Waals surface area contributed by atoms with Crippen LogP contribution in [0.4, 0.5) is 0 Å². The van der Waals surface area contributed by atoms with Crippen LogP contribution in [0.1, 0.15) is 46.6 Å². The highest BCUT2D eigenvalue weighted by molar-refractivity contribution is 5.82. The third-order valence-corrected chi connectivity index (χ3v) is 8.81. The lowest BCUT2D eigenvalue weighted by molar-refractivity contribution is -0.315. The van der Waals surface area contributed by atoms with Crippen LogP contribution in [0.25, 0.3) is 11.1 Å². The van der Waals surface area contributed by atoms with Gasteiger partial charge in [0.2, 0.25) is 5.91 Å². The van der Waals surface area contributed by atoms with Crippen molar-refractivity contribution in [3.63, 3.8) is 0 Å². The van der Waals surface area contributed by atoms with Crippen molar-refractivity contribution in [3.8, 4) is 29.2 Å². The molecule has 0 aromatic heterocycles. The van der Waals surface area contributed by atoms with E-state index in [1.165, 1.54) is 6.92 Å². The van der Waals surface area contributed by atoms with Crippen LogP contribution in [0.5, 0.6) is 5.75 Å². The monoisotopic (exact) mass is 884 g/mol. The standard InChI is InChI=1S/C43H52N2O18/c1-8-16-55-17-18-56-19-20-58-43(42(53)54-7)23-35(60-28(4)48)39(45-38(52)25-57-26(2)46)41(63-43)40(62-30(6)50)36(61-29(5)49)24-44-37(51)22-33-15-14-32(21-34(33)59-27(3)47)31-12-10-9-11-13-31/h1,9-15,21,35-36,39-41H,16-20,22-25H2,2-7H3,(H,44,51)(H,45,52)/t35-,36+,39+,40+,41+,43+/m0/s1. The lowest BCUT2D eigenvalue weighted by Crippen LogP contribution is -2.70. The summed E-state index contributed by atoms with van der Waals surface area (Å²) < 4.78 is 55.2. The van der Waals surface area contributed by atoms with E-state index in [0.717, 1.165) is 40.4 Å². The van der Waals surface area contributed by atoms with Crippen LogP contribution in [-0.4, -0.2) is 137 Å². The number of amides is 2.